The minimum absolute atomic E-state index is 0.0905. The number of hydrogen-bond acceptors (Lipinski definition) is 3. The van der Waals surface area contributed by atoms with Crippen molar-refractivity contribution in [1.82, 2.24) is 10.3 Å². The molecule has 0 saturated carbocycles. The number of fused-ring (bicyclic) bond motifs is 1. The second kappa shape index (κ2) is 3.49. The SMILES string of the molecule is CC(=O)NCc1nc2ccccc2o1. The fourth-order valence-electron chi connectivity index (χ4n) is 1.20. The second-order valence-corrected chi connectivity index (χ2v) is 2.99. The Hall–Kier alpha value is -1.84. The molecule has 14 heavy (non-hydrogen) atoms. The van der Waals surface area contributed by atoms with Crippen molar-refractivity contribution >= 4 is 17.0 Å². The number of rotatable bonds is 2. The smallest absolute Gasteiger partial charge is 0.217 e. The second-order valence-electron chi connectivity index (χ2n) is 2.99. The van der Waals surface area contributed by atoms with Crippen molar-refractivity contribution in [3.05, 3.63) is 30.2 Å². The number of carbonyl (C=O) groups excluding carboxylic acids is 1. The highest BCUT2D eigenvalue weighted by atomic mass is 16.3. The Morgan fingerprint density at radius 2 is 2.29 bits per heavy atom. The molecule has 0 aliphatic rings. The Balaban J connectivity index is 2.22. The summed E-state index contributed by atoms with van der Waals surface area (Å²) in [4.78, 5) is 14.9. The van der Waals surface area contributed by atoms with Gasteiger partial charge in [0, 0.05) is 6.92 Å². The number of amides is 1. The molecule has 1 N–H and O–H groups in total. The van der Waals surface area contributed by atoms with Gasteiger partial charge in [0.2, 0.25) is 11.8 Å². The Kier molecular flexibility index (Phi) is 2.18. The highest BCUT2D eigenvalue weighted by Gasteiger charge is 2.04. The van der Waals surface area contributed by atoms with Crippen LogP contribution in [0.2, 0.25) is 0 Å². The van der Waals surface area contributed by atoms with Crippen molar-refractivity contribution < 1.29 is 9.21 Å². The summed E-state index contributed by atoms with van der Waals surface area (Å²) in [5.74, 6) is 0.439. The molecule has 4 heteroatoms. The van der Waals surface area contributed by atoms with E-state index in [4.69, 9.17) is 4.42 Å². The van der Waals surface area contributed by atoms with E-state index >= 15 is 0 Å². The topological polar surface area (TPSA) is 55.1 Å². The van der Waals surface area contributed by atoms with Gasteiger partial charge >= 0.3 is 0 Å². The zero-order valence-electron chi connectivity index (χ0n) is 7.78. The lowest BCUT2D eigenvalue weighted by atomic mass is 10.3. The molecular weight excluding hydrogens is 180 g/mol. The number of oxazole rings is 1. The van der Waals surface area contributed by atoms with Crippen molar-refractivity contribution in [2.75, 3.05) is 0 Å². The monoisotopic (exact) mass is 190 g/mol. The summed E-state index contributed by atoms with van der Waals surface area (Å²) in [5, 5.41) is 2.63. The summed E-state index contributed by atoms with van der Waals surface area (Å²) in [7, 11) is 0. The molecule has 4 nitrogen and oxygen atoms in total. The molecule has 0 aliphatic carbocycles. The molecule has 0 atom stereocenters. The van der Waals surface area contributed by atoms with Crippen LogP contribution in [0.5, 0.6) is 0 Å². The number of carbonyl (C=O) groups is 1. The van der Waals surface area contributed by atoms with Crippen LogP contribution in [0.15, 0.2) is 28.7 Å². The maximum atomic E-state index is 10.7. The highest BCUT2D eigenvalue weighted by Crippen LogP contribution is 2.13. The molecule has 0 saturated heterocycles. The maximum Gasteiger partial charge on any atom is 0.217 e. The number of nitrogens with one attached hydrogen (secondary N) is 1. The summed E-state index contributed by atoms with van der Waals surface area (Å²) >= 11 is 0. The van der Waals surface area contributed by atoms with E-state index in [1.807, 2.05) is 24.3 Å². The van der Waals surface area contributed by atoms with E-state index in [1.54, 1.807) is 0 Å². The first-order chi connectivity index (χ1) is 6.75. The fraction of sp³-hybridized carbons (Fsp3) is 0.200. The van der Waals surface area contributed by atoms with Crippen LogP contribution >= 0.6 is 0 Å². The number of aromatic nitrogens is 1. The van der Waals surface area contributed by atoms with Crippen LogP contribution in [-0.2, 0) is 11.3 Å². The summed E-state index contributed by atoms with van der Waals surface area (Å²) in [6, 6.07) is 7.50. The fourth-order valence-corrected chi connectivity index (χ4v) is 1.20. The molecular formula is C10H10N2O2. The van der Waals surface area contributed by atoms with Gasteiger partial charge in [0.15, 0.2) is 5.58 Å². The predicted octanol–water partition coefficient (Wildman–Crippen LogP) is 1.46. The molecule has 1 amide bonds. The average Bonchev–Trinajstić information content (AvgIpc) is 2.57. The molecule has 0 fully saturated rings. The quantitative estimate of drug-likeness (QED) is 0.780. The van der Waals surface area contributed by atoms with Gasteiger partial charge < -0.3 is 9.73 Å². The Labute approximate surface area is 80.9 Å². The van der Waals surface area contributed by atoms with Crippen LogP contribution in [0.1, 0.15) is 12.8 Å². The maximum absolute atomic E-state index is 10.7. The van der Waals surface area contributed by atoms with Crippen molar-refractivity contribution in [3.63, 3.8) is 0 Å². The van der Waals surface area contributed by atoms with Gasteiger partial charge in [-0.1, -0.05) is 12.1 Å². The zero-order valence-corrected chi connectivity index (χ0v) is 7.78. The number of nitrogens with zero attached hydrogens (tertiary/aromatic N) is 1. The molecule has 1 heterocycles. The molecule has 0 unspecified atom stereocenters. The molecule has 0 radical (unpaired) electrons. The minimum Gasteiger partial charge on any atom is -0.439 e. The zero-order chi connectivity index (χ0) is 9.97. The van der Waals surface area contributed by atoms with Gasteiger partial charge in [-0.3, -0.25) is 4.79 Å². The average molecular weight is 190 g/mol. The summed E-state index contributed by atoms with van der Waals surface area (Å²) in [6.45, 7) is 1.80. The minimum atomic E-state index is -0.0905. The summed E-state index contributed by atoms with van der Waals surface area (Å²) in [6.07, 6.45) is 0. The van der Waals surface area contributed by atoms with Crippen LogP contribution in [0.4, 0.5) is 0 Å². The molecule has 72 valence electrons. The molecule has 2 rings (SSSR count). The van der Waals surface area contributed by atoms with Gasteiger partial charge in [0.1, 0.15) is 5.52 Å². The van der Waals surface area contributed by atoms with Gasteiger partial charge in [-0.25, -0.2) is 4.98 Å². The molecule has 1 aromatic carbocycles. The normalized spacial score (nSPS) is 10.4. The van der Waals surface area contributed by atoms with Gasteiger partial charge in [0.25, 0.3) is 0 Å². The third-order valence-corrected chi connectivity index (χ3v) is 1.83. The van der Waals surface area contributed by atoms with Crippen molar-refractivity contribution in [1.29, 1.82) is 0 Å². The van der Waals surface area contributed by atoms with E-state index in [9.17, 15) is 4.79 Å². The lowest BCUT2D eigenvalue weighted by Crippen LogP contribution is -2.18. The predicted molar refractivity (Wildman–Crippen MR) is 51.5 cm³/mol. The Bertz CT molecular complexity index is 429. The summed E-state index contributed by atoms with van der Waals surface area (Å²) in [5.41, 5.74) is 1.56. The molecule has 2 aromatic rings. The summed E-state index contributed by atoms with van der Waals surface area (Å²) < 4.78 is 5.39. The van der Waals surface area contributed by atoms with Crippen LogP contribution in [0, 0.1) is 0 Å². The van der Waals surface area contributed by atoms with Gasteiger partial charge in [-0.05, 0) is 12.1 Å². The van der Waals surface area contributed by atoms with Crippen LogP contribution < -0.4 is 5.32 Å². The molecule has 1 aromatic heterocycles. The van der Waals surface area contributed by atoms with Crippen LogP contribution in [0.25, 0.3) is 11.1 Å². The Morgan fingerprint density at radius 1 is 1.50 bits per heavy atom. The van der Waals surface area contributed by atoms with E-state index in [2.05, 4.69) is 10.3 Å². The first kappa shape index (κ1) is 8.74. The van der Waals surface area contributed by atoms with Gasteiger partial charge in [-0.2, -0.15) is 0 Å². The van der Waals surface area contributed by atoms with E-state index in [0.717, 1.165) is 11.1 Å². The standard InChI is InChI=1S/C10H10N2O2/c1-7(13)11-6-10-12-8-4-2-3-5-9(8)14-10/h2-5H,6H2,1H3,(H,11,13). The number of benzene rings is 1. The first-order valence-corrected chi connectivity index (χ1v) is 4.34. The molecule has 0 bridgehead atoms. The van der Waals surface area contributed by atoms with Crippen molar-refractivity contribution in [3.8, 4) is 0 Å². The largest absolute Gasteiger partial charge is 0.439 e. The van der Waals surface area contributed by atoms with Gasteiger partial charge in [-0.15, -0.1) is 0 Å². The molecule has 0 aliphatic heterocycles. The van der Waals surface area contributed by atoms with Crippen molar-refractivity contribution in [2.45, 2.75) is 13.5 Å². The Morgan fingerprint density at radius 3 is 3.00 bits per heavy atom. The van der Waals surface area contributed by atoms with Gasteiger partial charge in [0.05, 0.1) is 6.54 Å². The molecule has 0 spiro atoms. The van der Waals surface area contributed by atoms with Crippen molar-refractivity contribution in [2.24, 2.45) is 0 Å². The lowest BCUT2D eigenvalue weighted by molar-refractivity contribution is -0.119. The van der Waals surface area contributed by atoms with E-state index in [0.29, 0.717) is 12.4 Å². The van der Waals surface area contributed by atoms with E-state index < -0.39 is 0 Å². The number of hydrogen-bond donors (Lipinski definition) is 1. The number of para-hydroxylation sites is 2. The van der Waals surface area contributed by atoms with Crippen LogP contribution in [-0.4, -0.2) is 10.9 Å². The highest BCUT2D eigenvalue weighted by molar-refractivity contribution is 5.73. The first-order valence-electron chi connectivity index (χ1n) is 4.34. The van der Waals surface area contributed by atoms with Crippen LogP contribution in [0.3, 0.4) is 0 Å². The van der Waals surface area contributed by atoms with E-state index in [1.165, 1.54) is 6.92 Å². The van der Waals surface area contributed by atoms with E-state index in [-0.39, 0.29) is 5.91 Å². The lowest BCUT2D eigenvalue weighted by Gasteiger charge is -1.94. The third-order valence-electron chi connectivity index (χ3n) is 1.83. The third kappa shape index (κ3) is 1.74.